The van der Waals surface area contributed by atoms with Gasteiger partial charge in [-0.05, 0) is 57.6 Å². The number of hydrogen-bond donors (Lipinski definition) is 7. The molecule has 2 aromatic carbocycles. The van der Waals surface area contributed by atoms with Crippen molar-refractivity contribution in [3.8, 4) is 17.0 Å². The van der Waals surface area contributed by atoms with E-state index in [1.165, 1.54) is 30.3 Å². The molecule has 1 amide bonds. The first-order valence-electron chi connectivity index (χ1n) is 15.9. The number of carbonyl (C=O) groups is 3. The number of anilines is 3. The van der Waals surface area contributed by atoms with Gasteiger partial charge in [0.05, 0.1) is 35.0 Å². The Labute approximate surface area is 286 Å². The van der Waals surface area contributed by atoms with Crippen LogP contribution in [0.15, 0.2) is 58.7 Å². The van der Waals surface area contributed by atoms with Gasteiger partial charge in [0.15, 0.2) is 16.5 Å². The molecule has 0 bridgehead atoms. The number of likely N-dealkylation sites (N-methyl/N-ethyl adjacent to an activating group) is 1. The number of ketones is 2. The number of primary amides is 1. The van der Waals surface area contributed by atoms with E-state index in [1.54, 1.807) is 19.1 Å². The summed E-state index contributed by atoms with van der Waals surface area (Å²) in [5.41, 5.74) is 4.19. The van der Waals surface area contributed by atoms with Crippen LogP contribution in [0.5, 0.6) is 5.75 Å². The molecule has 0 unspecified atom stereocenters. The Morgan fingerprint density at radius 2 is 1.71 bits per heavy atom. The second kappa shape index (κ2) is 12.3. The standard InChI is InChI=1S/C35H39N5O8S/c1-6-40(7-2)17-10-8-16(9-11-17)20-14-49-34(38-20)37-19-13-12-18-15(3)21-23(28(42)22(18)27(19)41)31(45)35(48)25(29(21)43)26(39(4)5)30(44)24(32(35)46)33(36)47/h8-15,21,25-26,29,41-43,46,48H,6-7H2,1-5H3,(H2,36,47)(H,37,38)/t15-,21+,25+,26-,29-,35-/m0/s1. The zero-order valence-electron chi connectivity index (χ0n) is 27.6. The molecule has 3 aromatic rings. The van der Waals surface area contributed by atoms with Gasteiger partial charge in [0.2, 0.25) is 5.78 Å². The highest BCUT2D eigenvalue weighted by Gasteiger charge is 2.68. The summed E-state index contributed by atoms with van der Waals surface area (Å²) in [7, 11) is 2.93. The second-order valence-corrected chi connectivity index (χ2v) is 13.7. The van der Waals surface area contributed by atoms with Crippen molar-refractivity contribution in [3.05, 3.63) is 69.8 Å². The van der Waals surface area contributed by atoms with Crippen molar-refractivity contribution < 1.29 is 39.9 Å². The van der Waals surface area contributed by atoms with Crippen LogP contribution < -0.4 is 16.0 Å². The molecule has 14 heteroatoms. The maximum atomic E-state index is 14.2. The van der Waals surface area contributed by atoms with Crippen LogP contribution in [0.25, 0.3) is 17.0 Å². The lowest BCUT2D eigenvalue weighted by atomic mass is 9.54. The van der Waals surface area contributed by atoms with Crippen molar-refractivity contribution in [2.75, 3.05) is 37.4 Å². The number of phenols is 1. The van der Waals surface area contributed by atoms with Crippen LogP contribution in [0, 0.1) is 11.8 Å². The summed E-state index contributed by atoms with van der Waals surface area (Å²) in [5.74, 6) is -9.40. The minimum Gasteiger partial charge on any atom is -0.508 e. The molecular weight excluding hydrogens is 650 g/mol. The molecule has 3 aliphatic carbocycles. The number of amides is 1. The fraction of sp³-hybridized carbons (Fsp3) is 0.371. The summed E-state index contributed by atoms with van der Waals surface area (Å²) in [5, 5.41) is 63.3. The topological polar surface area (TPSA) is 210 Å². The van der Waals surface area contributed by atoms with Crippen molar-refractivity contribution >= 4 is 51.1 Å². The largest absolute Gasteiger partial charge is 0.508 e. The number of phenolic OH excluding ortho intramolecular Hbond substituents is 1. The molecule has 6 rings (SSSR count). The predicted molar refractivity (Wildman–Crippen MR) is 185 cm³/mol. The number of aromatic nitrogens is 1. The summed E-state index contributed by atoms with van der Waals surface area (Å²) in [4.78, 5) is 48.1. The third-order valence-electron chi connectivity index (χ3n) is 10.2. The average molecular weight is 690 g/mol. The van der Waals surface area contributed by atoms with Gasteiger partial charge in [-0.25, -0.2) is 4.98 Å². The zero-order valence-corrected chi connectivity index (χ0v) is 28.4. The molecule has 0 spiro atoms. The van der Waals surface area contributed by atoms with E-state index in [1.807, 2.05) is 29.6 Å². The van der Waals surface area contributed by atoms with E-state index in [9.17, 15) is 39.9 Å². The van der Waals surface area contributed by atoms with Crippen LogP contribution in [0.4, 0.5) is 16.5 Å². The molecule has 6 atom stereocenters. The third-order valence-corrected chi connectivity index (χ3v) is 10.9. The number of carbonyl (C=O) groups excluding carboxylic acids is 3. The Kier molecular flexibility index (Phi) is 8.55. The van der Waals surface area contributed by atoms with Crippen molar-refractivity contribution in [1.82, 2.24) is 9.88 Å². The Morgan fingerprint density at radius 3 is 2.31 bits per heavy atom. The zero-order chi connectivity index (χ0) is 35.7. The maximum absolute atomic E-state index is 14.2. The van der Waals surface area contributed by atoms with Gasteiger partial charge < -0.3 is 41.5 Å². The van der Waals surface area contributed by atoms with E-state index in [0.717, 1.165) is 24.3 Å². The van der Waals surface area contributed by atoms with Gasteiger partial charge in [-0.2, -0.15) is 0 Å². The Balaban J connectivity index is 1.39. The van der Waals surface area contributed by atoms with Crippen LogP contribution in [-0.4, -0.2) is 97.8 Å². The van der Waals surface area contributed by atoms with Gasteiger partial charge in [-0.1, -0.05) is 25.1 Å². The van der Waals surface area contributed by atoms with E-state index < -0.39 is 81.4 Å². The average Bonchev–Trinajstić information content (AvgIpc) is 3.53. The summed E-state index contributed by atoms with van der Waals surface area (Å²) in [6.45, 7) is 7.65. The number of aliphatic hydroxyl groups excluding tert-OH is 3. The lowest BCUT2D eigenvalue weighted by molar-refractivity contribution is -0.169. The molecule has 8 N–H and O–H groups in total. The van der Waals surface area contributed by atoms with Crippen molar-refractivity contribution in [1.29, 1.82) is 0 Å². The maximum Gasteiger partial charge on any atom is 0.255 e. The normalized spacial score (nSPS) is 26.4. The lowest BCUT2D eigenvalue weighted by Gasteiger charge is -2.53. The second-order valence-electron chi connectivity index (χ2n) is 12.9. The quantitative estimate of drug-likeness (QED) is 0.134. The molecule has 3 aliphatic rings. The minimum atomic E-state index is -2.98. The number of hydrogen-bond acceptors (Lipinski definition) is 13. The molecule has 258 valence electrons. The van der Waals surface area contributed by atoms with E-state index >= 15 is 0 Å². The first kappa shape index (κ1) is 34.1. The highest BCUT2D eigenvalue weighted by atomic mass is 32.1. The summed E-state index contributed by atoms with van der Waals surface area (Å²) >= 11 is 1.30. The van der Waals surface area contributed by atoms with Crippen molar-refractivity contribution in [3.63, 3.8) is 0 Å². The lowest BCUT2D eigenvalue weighted by Crippen LogP contribution is -2.70. The fourth-order valence-electron chi connectivity index (χ4n) is 7.73. The van der Waals surface area contributed by atoms with Crippen LogP contribution in [0.3, 0.4) is 0 Å². The first-order valence-corrected chi connectivity index (χ1v) is 16.8. The molecular formula is C35H39N5O8S. The Morgan fingerprint density at radius 1 is 1.06 bits per heavy atom. The van der Waals surface area contributed by atoms with Crippen LogP contribution in [0.2, 0.25) is 0 Å². The number of thiazole rings is 1. The third kappa shape index (κ3) is 5.00. The molecule has 1 saturated carbocycles. The number of rotatable bonds is 8. The molecule has 1 heterocycles. The van der Waals surface area contributed by atoms with Crippen molar-refractivity contribution in [2.24, 2.45) is 17.6 Å². The monoisotopic (exact) mass is 689 g/mol. The highest BCUT2D eigenvalue weighted by molar-refractivity contribution is 7.14. The van der Waals surface area contributed by atoms with Crippen LogP contribution >= 0.6 is 11.3 Å². The smallest absolute Gasteiger partial charge is 0.255 e. The minimum absolute atomic E-state index is 0.107. The molecule has 0 aliphatic heterocycles. The Bertz CT molecular complexity index is 1930. The number of nitrogens with one attached hydrogen (secondary N) is 1. The van der Waals surface area contributed by atoms with E-state index in [2.05, 4.69) is 29.0 Å². The number of aromatic hydroxyl groups is 1. The first-order chi connectivity index (χ1) is 23.2. The number of Topliss-reactive ketones (excluding diaryl/α,β-unsaturated/α-hetero) is 2. The van der Waals surface area contributed by atoms with Gasteiger partial charge in [-0.15, -0.1) is 11.3 Å². The molecule has 49 heavy (non-hydrogen) atoms. The molecule has 13 nitrogen and oxygen atoms in total. The number of benzene rings is 2. The number of aliphatic hydroxyl groups is 4. The van der Waals surface area contributed by atoms with Gasteiger partial charge in [-0.3, -0.25) is 19.3 Å². The summed E-state index contributed by atoms with van der Waals surface area (Å²) < 4.78 is 0. The predicted octanol–water partition coefficient (Wildman–Crippen LogP) is 3.21. The van der Waals surface area contributed by atoms with E-state index in [4.69, 9.17) is 5.73 Å². The van der Waals surface area contributed by atoms with E-state index in [0.29, 0.717) is 16.4 Å². The van der Waals surface area contributed by atoms with Crippen LogP contribution in [-0.2, 0) is 14.4 Å². The number of nitrogens with two attached hydrogens (primary N) is 1. The van der Waals surface area contributed by atoms with E-state index in [-0.39, 0.29) is 11.3 Å². The summed E-state index contributed by atoms with van der Waals surface area (Å²) in [6.07, 6.45) is -1.66. The molecule has 1 aromatic heterocycles. The summed E-state index contributed by atoms with van der Waals surface area (Å²) in [6, 6.07) is 9.87. The number of fused-ring (bicyclic) bond motifs is 3. The molecule has 0 saturated heterocycles. The SMILES string of the molecule is CCN(CC)c1ccc(-c2csc(Nc3ccc4c(c3O)C(O)=C3C(=O)[C@]5(O)C(O)=C(C(N)=O)C(=O)[C@@H](N(C)C)[C@@H]5[C@@H](O)[C@@H]3[C@H]4C)n2)cc1. The van der Waals surface area contributed by atoms with Crippen molar-refractivity contribution in [2.45, 2.75) is 44.4 Å². The Hall–Kier alpha value is -4.76. The van der Waals surface area contributed by atoms with Gasteiger partial charge in [0.25, 0.3) is 5.91 Å². The molecule has 1 fully saturated rings. The highest BCUT2D eigenvalue weighted by Crippen LogP contribution is 2.56. The number of nitrogens with zero attached hydrogens (tertiary/aromatic N) is 3. The van der Waals surface area contributed by atoms with Gasteiger partial charge in [0.1, 0.15) is 22.8 Å². The van der Waals surface area contributed by atoms with Gasteiger partial charge >= 0.3 is 0 Å². The van der Waals surface area contributed by atoms with Gasteiger partial charge in [0, 0.05) is 41.2 Å². The molecule has 0 radical (unpaired) electrons. The van der Waals surface area contributed by atoms with Crippen LogP contribution in [0.1, 0.15) is 37.8 Å². The fourth-order valence-corrected chi connectivity index (χ4v) is 8.46.